The number of para-hydroxylation sites is 2. The molecule has 0 heterocycles. The smallest absolute Gasteiger partial charge is 0.247 e. The van der Waals surface area contributed by atoms with Crippen LogP contribution in [-0.4, -0.2) is 6.41 Å². The Hall–Kier alpha value is -2.29. The standard InChI is InChI=1S/C13H11NO2/c15-11-14(12-7-3-1-4-8-12)16-13-9-5-2-6-10-13/h1-11H. The molecule has 2 aromatic rings. The highest BCUT2D eigenvalue weighted by Gasteiger charge is 2.05. The second-order valence-electron chi connectivity index (χ2n) is 3.17. The number of hydrogen-bond donors (Lipinski definition) is 0. The van der Waals surface area contributed by atoms with Crippen LogP contribution >= 0.6 is 0 Å². The van der Waals surface area contributed by atoms with Crippen LogP contribution in [0.1, 0.15) is 0 Å². The zero-order chi connectivity index (χ0) is 11.2. The van der Waals surface area contributed by atoms with Crippen molar-refractivity contribution in [3.8, 4) is 5.75 Å². The van der Waals surface area contributed by atoms with Gasteiger partial charge in [-0.2, -0.15) is 0 Å². The zero-order valence-corrected chi connectivity index (χ0v) is 8.61. The van der Waals surface area contributed by atoms with E-state index in [2.05, 4.69) is 0 Å². The minimum absolute atomic E-state index is 0.624. The second-order valence-corrected chi connectivity index (χ2v) is 3.17. The number of hydroxylamine groups is 1. The summed E-state index contributed by atoms with van der Waals surface area (Å²) in [4.78, 5) is 16.3. The fraction of sp³-hybridized carbons (Fsp3) is 0. The van der Waals surface area contributed by atoms with Crippen molar-refractivity contribution in [1.82, 2.24) is 0 Å². The molecule has 16 heavy (non-hydrogen) atoms. The van der Waals surface area contributed by atoms with E-state index in [4.69, 9.17) is 4.84 Å². The third-order valence-electron chi connectivity index (χ3n) is 2.05. The van der Waals surface area contributed by atoms with Crippen LogP contribution in [0.4, 0.5) is 5.69 Å². The first-order valence-corrected chi connectivity index (χ1v) is 4.93. The monoisotopic (exact) mass is 213 g/mol. The third kappa shape index (κ3) is 2.39. The molecule has 0 aliphatic heterocycles. The molecular weight excluding hydrogens is 202 g/mol. The first kappa shape index (κ1) is 10.2. The lowest BCUT2D eigenvalue weighted by molar-refractivity contribution is -0.111. The molecular formula is C13H11NO2. The average Bonchev–Trinajstić information content (AvgIpc) is 2.38. The van der Waals surface area contributed by atoms with Crippen molar-refractivity contribution in [3.63, 3.8) is 0 Å². The van der Waals surface area contributed by atoms with Gasteiger partial charge in [-0.15, -0.1) is 5.06 Å². The molecule has 1 amide bonds. The number of benzene rings is 2. The molecule has 0 bridgehead atoms. The molecule has 0 saturated heterocycles. The van der Waals surface area contributed by atoms with Crippen molar-refractivity contribution < 1.29 is 9.63 Å². The summed E-state index contributed by atoms with van der Waals surface area (Å²) in [7, 11) is 0. The Labute approximate surface area is 93.8 Å². The number of anilines is 1. The van der Waals surface area contributed by atoms with E-state index in [0.717, 1.165) is 0 Å². The van der Waals surface area contributed by atoms with Gasteiger partial charge in [-0.05, 0) is 24.3 Å². The van der Waals surface area contributed by atoms with Gasteiger partial charge < -0.3 is 4.84 Å². The SMILES string of the molecule is O=CN(Oc1ccccc1)c1ccccc1. The molecule has 0 radical (unpaired) electrons. The first-order valence-electron chi connectivity index (χ1n) is 4.93. The van der Waals surface area contributed by atoms with E-state index in [1.54, 1.807) is 24.3 Å². The van der Waals surface area contributed by atoms with Gasteiger partial charge in [0.05, 0.1) is 5.69 Å². The van der Waals surface area contributed by atoms with Crippen LogP contribution in [0.15, 0.2) is 60.7 Å². The maximum absolute atomic E-state index is 10.9. The summed E-state index contributed by atoms with van der Waals surface area (Å²) in [5.41, 5.74) is 0.696. The quantitative estimate of drug-likeness (QED) is 0.577. The van der Waals surface area contributed by atoms with Crippen LogP contribution in [0.25, 0.3) is 0 Å². The average molecular weight is 213 g/mol. The Kier molecular flexibility index (Phi) is 3.18. The number of carbonyl (C=O) groups excluding carboxylic acids is 1. The first-order chi connectivity index (χ1) is 7.90. The van der Waals surface area contributed by atoms with Crippen LogP contribution in [0, 0.1) is 0 Å². The minimum Gasteiger partial charge on any atom is -0.372 e. The molecule has 0 N–H and O–H groups in total. The molecule has 0 fully saturated rings. The van der Waals surface area contributed by atoms with Crippen molar-refractivity contribution >= 4 is 12.1 Å². The molecule has 3 nitrogen and oxygen atoms in total. The lowest BCUT2D eigenvalue weighted by Crippen LogP contribution is -2.25. The molecule has 0 spiro atoms. The molecule has 0 saturated carbocycles. The molecule has 0 aliphatic rings. The Balaban J connectivity index is 2.16. The van der Waals surface area contributed by atoms with E-state index in [1.807, 2.05) is 36.4 Å². The van der Waals surface area contributed by atoms with E-state index >= 15 is 0 Å². The highest BCUT2D eigenvalue weighted by molar-refractivity contribution is 5.72. The Morgan fingerprint density at radius 3 is 2.00 bits per heavy atom. The van der Waals surface area contributed by atoms with Gasteiger partial charge in [0.15, 0.2) is 5.75 Å². The van der Waals surface area contributed by atoms with Crippen LogP contribution in [-0.2, 0) is 4.79 Å². The van der Waals surface area contributed by atoms with E-state index in [1.165, 1.54) is 5.06 Å². The Morgan fingerprint density at radius 2 is 1.44 bits per heavy atom. The van der Waals surface area contributed by atoms with Gasteiger partial charge in [-0.1, -0.05) is 36.4 Å². The topological polar surface area (TPSA) is 29.5 Å². The lowest BCUT2D eigenvalue weighted by Gasteiger charge is -2.17. The van der Waals surface area contributed by atoms with Gasteiger partial charge in [0.25, 0.3) is 0 Å². The van der Waals surface area contributed by atoms with Gasteiger partial charge >= 0.3 is 0 Å². The largest absolute Gasteiger partial charge is 0.372 e. The summed E-state index contributed by atoms with van der Waals surface area (Å²) in [5.74, 6) is 0.624. The molecule has 0 atom stereocenters. The number of hydrogen-bond acceptors (Lipinski definition) is 2. The van der Waals surface area contributed by atoms with Gasteiger partial charge in [0.1, 0.15) is 0 Å². The molecule has 0 aromatic heterocycles. The summed E-state index contributed by atoms with van der Waals surface area (Å²) >= 11 is 0. The maximum atomic E-state index is 10.9. The van der Waals surface area contributed by atoms with Crippen LogP contribution in [0.5, 0.6) is 5.75 Å². The molecule has 80 valence electrons. The van der Waals surface area contributed by atoms with Crippen molar-refractivity contribution in [1.29, 1.82) is 0 Å². The number of rotatable bonds is 4. The van der Waals surface area contributed by atoms with Crippen molar-refractivity contribution in [3.05, 3.63) is 60.7 Å². The molecule has 0 aliphatic carbocycles. The lowest BCUT2D eigenvalue weighted by atomic mass is 10.3. The molecule has 0 unspecified atom stereocenters. The minimum atomic E-state index is 0.624. The summed E-state index contributed by atoms with van der Waals surface area (Å²) in [6.45, 7) is 0. The zero-order valence-electron chi connectivity index (χ0n) is 8.61. The molecule has 3 heteroatoms. The molecule has 2 aromatic carbocycles. The predicted octanol–water partition coefficient (Wildman–Crippen LogP) is 2.64. The van der Waals surface area contributed by atoms with Crippen LogP contribution in [0.3, 0.4) is 0 Å². The van der Waals surface area contributed by atoms with E-state index < -0.39 is 0 Å². The van der Waals surface area contributed by atoms with Crippen molar-refractivity contribution in [2.24, 2.45) is 0 Å². The Bertz CT molecular complexity index is 442. The second kappa shape index (κ2) is 4.98. The fourth-order valence-corrected chi connectivity index (χ4v) is 1.30. The van der Waals surface area contributed by atoms with Crippen molar-refractivity contribution in [2.75, 3.05) is 5.06 Å². The Morgan fingerprint density at radius 1 is 0.875 bits per heavy atom. The number of carbonyl (C=O) groups is 1. The van der Waals surface area contributed by atoms with Crippen molar-refractivity contribution in [2.45, 2.75) is 0 Å². The summed E-state index contributed by atoms with van der Waals surface area (Å²) in [6, 6.07) is 18.4. The fourth-order valence-electron chi connectivity index (χ4n) is 1.30. The maximum Gasteiger partial charge on any atom is 0.247 e. The van der Waals surface area contributed by atoms with E-state index in [9.17, 15) is 4.79 Å². The molecule has 2 rings (SSSR count). The van der Waals surface area contributed by atoms with E-state index in [-0.39, 0.29) is 0 Å². The highest BCUT2D eigenvalue weighted by Crippen LogP contribution is 2.16. The number of amides is 1. The number of nitrogens with zero attached hydrogens (tertiary/aromatic N) is 1. The predicted molar refractivity (Wildman–Crippen MR) is 62.1 cm³/mol. The summed E-state index contributed by atoms with van der Waals surface area (Å²) in [5, 5.41) is 1.19. The summed E-state index contributed by atoms with van der Waals surface area (Å²) < 4.78 is 0. The van der Waals surface area contributed by atoms with Gasteiger partial charge in [0, 0.05) is 0 Å². The highest BCUT2D eigenvalue weighted by atomic mass is 16.7. The van der Waals surface area contributed by atoms with Crippen LogP contribution in [0.2, 0.25) is 0 Å². The van der Waals surface area contributed by atoms with Crippen LogP contribution < -0.4 is 9.90 Å². The van der Waals surface area contributed by atoms with E-state index in [0.29, 0.717) is 17.8 Å². The third-order valence-corrected chi connectivity index (χ3v) is 2.05. The van der Waals surface area contributed by atoms with Gasteiger partial charge in [-0.25, -0.2) is 0 Å². The van der Waals surface area contributed by atoms with Gasteiger partial charge in [-0.3, -0.25) is 4.79 Å². The van der Waals surface area contributed by atoms with Gasteiger partial charge in [0.2, 0.25) is 6.41 Å². The summed E-state index contributed by atoms with van der Waals surface area (Å²) in [6.07, 6.45) is 0.641. The normalized spacial score (nSPS) is 9.50.